The molecular formula is C25H30N2O8. The number of nitrogens with zero attached hydrogens (tertiary/aromatic N) is 1. The van der Waals surface area contributed by atoms with Gasteiger partial charge in [0.05, 0.1) is 13.2 Å². The van der Waals surface area contributed by atoms with Crippen molar-refractivity contribution >= 4 is 28.8 Å². The molecule has 1 fully saturated rings. The first kappa shape index (κ1) is 24.9. The number of methoxy groups -OCH3 is 1. The van der Waals surface area contributed by atoms with Gasteiger partial charge in [-0.3, -0.25) is 9.69 Å². The third-order valence-electron chi connectivity index (χ3n) is 7.36. The number of carbonyl (C=O) groups excluding carboxylic acids is 1. The molecule has 2 aromatic rings. The second-order valence-corrected chi connectivity index (χ2v) is 9.26. The van der Waals surface area contributed by atoms with Gasteiger partial charge in [0.2, 0.25) is 0 Å². The summed E-state index contributed by atoms with van der Waals surface area (Å²) in [6.45, 7) is 4.28. The van der Waals surface area contributed by atoms with E-state index in [-0.39, 0.29) is 12.0 Å². The molecule has 0 amide bonds. The highest BCUT2D eigenvalue weighted by Crippen LogP contribution is 2.53. The molecule has 6 rings (SSSR count). The molecule has 10 heteroatoms. The van der Waals surface area contributed by atoms with Crippen molar-refractivity contribution in [2.24, 2.45) is 5.92 Å². The number of carbonyl (C=O) groups is 3. The molecule has 0 spiro atoms. The van der Waals surface area contributed by atoms with E-state index in [1.165, 1.54) is 23.6 Å². The number of esters is 1. The molecular weight excluding hydrogens is 456 g/mol. The summed E-state index contributed by atoms with van der Waals surface area (Å²) in [6.07, 6.45) is 0.722. The molecule has 1 aromatic heterocycles. The molecule has 10 nitrogen and oxygen atoms in total. The summed E-state index contributed by atoms with van der Waals surface area (Å²) < 4.78 is 5.41. The smallest absolute Gasteiger partial charge is 0.335 e. The summed E-state index contributed by atoms with van der Waals surface area (Å²) in [7, 11) is 1.53. The largest absolute Gasteiger partial charge is 0.479 e. The lowest BCUT2D eigenvalue weighted by Gasteiger charge is -2.53. The van der Waals surface area contributed by atoms with E-state index in [9.17, 15) is 14.4 Å². The number of hydrogen-bond acceptors (Lipinski definition) is 7. The molecule has 4 heterocycles. The number of ether oxygens (including phenoxy) is 1. The minimum Gasteiger partial charge on any atom is -0.479 e. The number of piperidine rings is 1. The van der Waals surface area contributed by atoms with Crippen LogP contribution < -0.4 is 0 Å². The van der Waals surface area contributed by atoms with Crippen molar-refractivity contribution in [3.63, 3.8) is 0 Å². The Morgan fingerprint density at radius 3 is 2.43 bits per heavy atom. The molecule has 1 saturated heterocycles. The molecule has 1 aliphatic carbocycles. The predicted octanol–water partition coefficient (Wildman–Crippen LogP) is 1.05. The Labute approximate surface area is 201 Å². The Hall–Kier alpha value is -3.21. The van der Waals surface area contributed by atoms with Crippen LogP contribution in [0.15, 0.2) is 35.9 Å². The van der Waals surface area contributed by atoms with Crippen molar-refractivity contribution in [1.29, 1.82) is 0 Å². The Kier molecular flexibility index (Phi) is 6.72. The fraction of sp³-hybridized carbons (Fsp3) is 0.480. The van der Waals surface area contributed by atoms with Gasteiger partial charge >= 0.3 is 17.9 Å². The molecule has 4 bridgehead atoms. The Morgan fingerprint density at radius 1 is 1.17 bits per heavy atom. The van der Waals surface area contributed by atoms with Crippen molar-refractivity contribution < 1.29 is 39.5 Å². The zero-order valence-corrected chi connectivity index (χ0v) is 19.6. The molecule has 1 aromatic carbocycles. The second-order valence-electron chi connectivity index (χ2n) is 9.26. The maximum Gasteiger partial charge on any atom is 0.335 e. The number of aromatic amines is 1. The van der Waals surface area contributed by atoms with E-state index >= 15 is 0 Å². The fourth-order valence-electron chi connectivity index (χ4n) is 5.98. The third kappa shape index (κ3) is 4.01. The van der Waals surface area contributed by atoms with E-state index in [1.807, 2.05) is 0 Å². The number of carboxylic acids is 2. The average molecular weight is 487 g/mol. The zero-order valence-electron chi connectivity index (χ0n) is 19.6. The summed E-state index contributed by atoms with van der Waals surface area (Å²) in [4.78, 5) is 39.0. The van der Waals surface area contributed by atoms with Gasteiger partial charge in [0.25, 0.3) is 0 Å². The van der Waals surface area contributed by atoms with Gasteiger partial charge in [-0.05, 0) is 36.8 Å². The molecule has 35 heavy (non-hydrogen) atoms. The minimum atomic E-state index is -2.27. The van der Waals surface area contributed by atoms with E-state index in [0.717, 1.165) is 43.6 Å². The first-order valence-corrected chi connectivity index (χ1v) is 11.6. The number of nitrogens with one attached hydrogen (secondary N) is 1. The van der Waals surface area contributed by atoms with Gasteiger partial charge in [-0.25, -0.2) is 9.59 Å². The predicted molar refractivity (Wildman–Crippen MR) is 125 cm³/mol. The van der Waals surface area contributed by atoms with Crippen molar-refractivity contribution in [2.45, 2.75) is 49.9 Å². The van der Waals surface area contributed by atoms with E-state index in [0.29, 0.717) is 5.92 Å². The number of para-hydroxylation sites is 1. The van der Waals surface area contributed by atoms with Crippen LogP contribution in [0.5, 0.6) is 0 Å². The van der Waals surface area contributed by atoms with Crippen LogP contribution in [-0.2, 0) is 31.0 Å². The van der Waals surface area contributed by atoms with Gasteiger partial charge in [-0.1, -0.05) is 36.8 Å². The van der Waals surface area contributed by atoms with E-state index in [2.05, 4.69) is 47.1 Å². The molecule has 4 aliphatic rings. The van der Waals surface area contributed by atoms with Gasteiger partial charge in [0.1, 0.15) is 5.41 Å². The summed E-state index contributed by atoms with van der Waals surface area (Å²) in [5.74, 6) is -3.19. The SMILES string of the molecule is CCC1=C[C@@H]2CN3CCc4c([nH]c5ccccc45)[C@@](C(=O)OC)(C2)[C@@H]13.O=C(O)[C@H](O)[C@@H](O)C(=O)O. The van der Waals surface area contributed by atoms with Gasteiger partial charge in [0, 0.05) is 29.7 Å². The maximum atomic E-state index is 13.2. The van der Waals surface area contributed by atoms with E-state index < -0.39 is 29.6 Å². The molecule has 0 radical (unpaired) electrons. The summed E-state index contributed by atoms with van der Waals surface area (Å²) >= 11 is 0. The minimum absolute atomic E-state index is 0.0824. The van der Waals surface area contributed by atoms with E-state index in [4.69, 9.17) is 25.2 Å². The van der Waals surface area contributed by atoms with E-state index in [1.54, 1.807) is 0 Å². The third-order valence-corrected chi connectivity index (χ3v) is 7.36. The number of H-pyrrole nitrogens is 1. The van der Waals surface area contributed by atoms with Gasteiger partial charge in [-0.2, -0.15) is 0 Å². The van der Waals surface area contributed by atoms with Crippen LogP contribution in [0.25, 0.3) is 10.9 Å². The van der Waals surface area contributed by atoms with Crippen LogP contribution in [0, 0.1) is 5.92 Å². The van der Waals surface area contributed by atoms with Crippen molar-refractivity contribution in [1.82, 2.24) is 9.88 Å². The zero-order chi connectivity index (χ0) is 25.5. The molecule has 5 N–H and O–H groups in total. The number of benzene rings is 1. The van der Waals surface area contributed by atoms with Crippen LogP contribution in [0.3, 0.4) is 0 Å². The number of aliphatic hydroxyl groups is 2. The normalized spacial score (nSPS) is 28.0. The van der Waals surface area contributed by atoms with Crippen LogP contribution >= 0.6 is 0 Å². The monoisotopic (exact) mass is 486 g/mol. The average Bonchev–Trinajstić information content (AvgIpc) is 3.20. The summed E-state index contributed by atoms with van der Waals surface area (Å²) in [6, 6.07) is 8.56. The summed E-state index contributed by atoms with van der Waals surface area (Å²) in [5, 5.41) is 33.8. The highest BCUT2D eigenvalue weighted by atomic mass is 16.5. The van der Waals surface area contributed by atoms with Crippen LogP contribution in [0.1, 0.15) is 31.0 Å². The number of rotatable bonds is 5. The second kappa shape index (κ2) is 9.44. The lowest BCUT2D eigenvalue weighted by Crippen LogP contribution is -2.63. The summed E-state index contributed by atoms with van der Waals surface area (Å²) in [5.41, 5.74) is 4.36. The molecule has 3 aliphatic heterocycles. The van der Waals surface area contributed by atoms with Crippen LogP contribution in [0.2, 0.25) is 0 Å². The topological polar surface area (TPSA) is 160 Å². The van der Waals surface area contributed by atoms with Crippen molar-refractivity contribution in [3.05, 3.63) is 47.2 Å². The Bertz CT molecular complexity index is 1170. The molecule has 0 saturated carbocycles. The quantitative estimate of drug-likeness (QED) is 0.307. The van der Waals surface area contributed by atoms with Crippen LogP contribution in [-0.4, -0.2) is 86.7 Å². The van der Waals surface area contributed by atoms with Crippen LogP contribution in [0.4, 0.5) is 0 Å². The Balaban J connectivity index is 0.000000248. The van der Waals surface area contributed by atoms with Gasteiger partial charge in [0.15, 0.2) is 12.2 Å². The number of fused-ring (bicyclic) bond motifs is 3. The molecule has 1 unspecified atom stereocenters. The van der Waals surface area contributed by atoms with Gasteiger partial charge < -0.3 is 30.1 Å². The number of aliphatic carboxylic acids is 2. The highest BCUT2D eigenvalue weighted by Gasteiger charge is 2.60. The number of aromatic nitrogens is 1. The maximum absolute atomic E-state index is 13.2. The van der Waals surface area contributed by atoms with Crippen molar-refractivity contribution in [3.8, 4) is 0 Å². The number of hydrogen-bond donors (Lipinski definition) is 5. The molecule has 6 atom stereocenters. The fourth-order valence-corrected chi connectivity index (χ4v) is 5.98. The lowest BCUT2D eigenvalue weighted by atomic mass is 9.60. The number of carboxylic acid groups (broad SMARTS) is 2. The number of aliphatic hydroxyl groups excluding tert-OH is 2. The highest BCUT2D eigenvalue weighted by molar-refractivity contribution is 5.92. The van der Waals surface area contributed by atoms with Gasteiger partial charge in [-0.15, -0.1) is 0 Å². The Morgan fingerprint density at radius 2 is 1.83 bits per heavy atom. The molecule has 188 valence electrons. The first-order valence-electron chi connectivity index (χ1n) is 11.6. The van der Waals surface area contributed by atoms with Crippen molar-refractivity contribution in [2.75, 3.05) is 20.2 Å². The lowest BCUT2D eigenvalue weighted by molar-refractivity contribution is -0.165. The standard InChI is InChI=1S/C21H24N2O2.C4H6O6/c1-3-14-10-13-11-21(20(24)25-2)18-16(8-9-23(12-13)19(14)21)15-6-4-5-7-17(15)22-18;5-1(3(7)8)2(6)4(9)10/h4-7,10,13,19,22H,3,8-9,11-12H2,1-2H3;1-2,5-6H,(H,7,8)(H,9,10)/t13-,19+,21-;1-,2-/m01/s1. The first-order chi connectivity index (χ1) is 16.6.